The van der Waals surface area contributed by atoms with Gasteiger partial charge >= 0.3 is 0 Å². The minimum atomic E-state index is -0.757. The molecule has 0 spiro atoms. The van der Waals surface area contributed by atoms with Crippen LogP contribution < -0.4 is 14.2 Å². The molecule has 1 aliphatic heterocycles. The zero-order valence-electron chi connectivity index (χ0n) is 13.7. The van der Waals surface area contributed by atoms with Crippen LogP contribution >= 0.6 is 0 Å². The number of hydrogen-bond donors (Lipinski definition) is 2. The van der Waals surface area contributed by atoms with Gasteiger partial charge in [0.15, 0.2) is 22.8 Å². The van der Waals surface area contributed by atoms with E-state index in [0.29, 0.717) is 34.2 Å². The van der Waals surface area contributed by atoms with E-state index in [4.69, 9.17) is 23.7 Å². The van der Waals surface area contributed by atoms with Crippen molar-refractivity contribution in [3.05, 3.63) is 42.0 Å². The average molecular weight is 342 g/mol. The quantitative estimate of drug-likeness (QED) is 0.741. The van der Waals surface area contributed by atoms with Crippen LogP contribution in [0.1, 0.15) is 18.1 Å². The summed E-state index contributed by atoms with van der Waals surface area (Å²) in [4.78, 5) is 0. The summed E-state index contributed by atoms with van der Waals surface area (Å²) in [5.74, 6) is 2.60. The van der Waals surface area contributed by atoms with Crippen molar-refractivity contribution in [2.24, 2.45) is 0 Å². The molecule has 25 heavy (non-hydrogen) atoms. The van der Waals surface area contributed by atoms with Gasteiger partial charge in [-0.1, -0.05) is 0 Å². The topological polar surface area (TPSA) is 81.3 Å². The third-order valence-corrected chi connectivity index (χ3v) is 4.27. The molecule has 2 aromatic carbocycles. The summed E-state index contributed by atoms with van der Waals surface area (Å²) in [6.07, 6.45) is -0.492. The van der Waals surface area contributed by atoms with Crippen molar-refractivity contribution in [2.75, 3.05) is 20.5 Å². The SMILES string of the molecule is COc1cc([C@H](O)CCO)cc2cc(-c3ccc4c(c3)OCO4)oc12. The van der Waals surface area contributed by atoms with Gasteiger partial charge in [0.1, 0.15) is 5.76 Å². The lowest BCUT2D eigenvalue weighted by Gasteiger charge is -2.11. The second kappa shape index (κ2) is 6.31. The summed E-state index contributed by atoms with van der Waals surface area (Å²) in [6, 6.07) is 11.1. The number of fused-ring (bicyclic) bond motifs is 2. The van der Waals surface area contributed by atoms with Gasteiger partial charge in [-0.2, -0.15) is 0 Å². The van der Waals surface area contributed by atoms with E-state index in [9.17, 15) is 5.11 Å². The van der Waals surface area contributed by atoms with Crippen molar-refractivity contribution in [3.8, 4) is 28.6 Å². The van der Waals surface area contributed by atoms with Crippen molar-refractivity contribution in [1.29, 1.82) is 0 Å². The number of benzene rings is 2. The van der Waals surface area contributed by atoms with Crippen LogP contribution in [-0.2, 0) is 0 Å². The van der Waals surface area contributed by atoms with Crippen molar-refractivity contribution in [1.82, 2.24) is 0 Å². The van der Waals surface area contributed by atoms with Crippen LogP contribution in [0, 0.1) is 0 Å². The Balaban J connectivity index is 1.79. The summed E-state index contributed by atoms with van der Waals surface area (Å²) in [6.45, 7) is 0.133. The Labute approximate surface area is 144 Å². The molecule has 130 valence electrons. The smallest absolute Gasteiger partial charge is 0.231 e. The second-order valence-corrected chi connectivity index (χ2v) is 5.85. The molecule has 6 heteroatoms. The van der Waals surface area contributed by atoms with Crippen LogP contribution in [0.2, 0.25) is 0 Å². The van der Waals surface area contributed by atoms with E-state index in [-0.39, 0.29) is 19.8 Å². The Kier molecular flexibility index (Phi) is 3.99. The van der Waals surface area contributed by atoms with E-state index in [1.807, 2.05) is 30.3 Å². The molecule has 1 aliphatic rings. The third-order valence-electron chi connectivity index (χ3n) is 4.27. The van der Waals surface area contributed by atoms with Gasteiger partial charge in [0, 0.05) is 24.0 Å². The molecule has 3 aromatic rings. The van der Waals surface area contributed by atoms with Gasteiger partial charge in [-0.15, -0.1) is 0 Å². The lowest BCUT2D eigenvalue weighted by molar-refractivity contribution is 0.134. The third kappa shape index (κ3) is 2.79. The molecule has 1 atom stereocenters. The molecular weight excluding hydrogens is 324 g/mol. The van der Waals surface area contributed by atoms with Crippen LogP contribution in [0.15, 0.2) is 40.8 Å². The predicted octanol–water partition coefficient (Wildman–Crippen LogP) is 3.25. The molecule has 6 nitrogen and oxygen atoms in total. The van der Waals surface area contributed by atoms with Crippen LogP contribution in [0.5, 0.6) is 17.2 Å². The van der Waals surface area contributed by atoms with E-state index in [1.54, 1.807) is 13.2 Å². The Morgan fingerprint density at radius 1 is 1.12 bits per heavy atom. The predicted molar refractivity (Wildman–Crippen MR) is 91.0 cm³/mol. The lowest BCUT2D eigenvalue weighted by atomic mass is 10.0. The molecule has 0 amide bonds. The highest BCUT2D eigenvalue weighted by Gasteiger charge is 2.18. The minimum absolute atomic E-state index is 0.0879. The van der Waals surface area contributed by atoms with Crippen LogP contribution in [0.25, 0.3) is 22.3 Å². The number of hydrogen-bond acceptors (Lipinski definition) is 6. The standard InChI is InChI=1S/C19H18O6/c1-22-18-8-12(14(21)4-5-20)6-13-9-16(25-19(13)18)11-2-3-15-17(7-11)24-10-23-15/h2-3,6-9,14,20-21H,4-5,10H2,1H3/t14-/m1/s1. The normalized spacial score (nSPS) is 14.0. The number of aliphatic hydroxyl groups excluding tert-OH is 2. The van der Waals surface area contributed by atoms with Gasteiger partial charge in [-0.05, 0) is 42.0 Å². The lowest BCUT2D eigenvalue weighted by Crippen LogP contribution is -2.00. The van der Waals surface area contributed by atoms with Gasteiger partial charge in [0.25, 0.3) is 0 Å². The van der Waals surface area contributed by atoms with E-state index >= 15 is 0 Å². The first-order chi connectivity index (χ1) is 12.2. The molecule has 0 saturated heterocycles. The number of ether oxygens (including phenoxy) is 3. The maximum Gasteiger partial charge on any atom is 0.231 e. The molecule has 4 rings (SSSR count). The Hall–Kier alpha value is -2.70. The number of methoxy groups -OCH3 is 1. The van der Waals surface area contributed by atoms with Crippen LogP contribution in [0.4, 0.5) is 0 Å². The van der Waals surface area contributed by atoms with Crippen LogP contribution in [0.3, 0.4) is 0 Å². The first-order valence-corrected chi connectivity index (χ1v) is 8.00. The van der Waals surface area contributed by atoms with E-state index in [2.05, 4.69) is 0 Å². The molecule has 0 radical (unpaired) electrons. The number of rotatable bonds is 5. The van der Waals surface area contributed by atoms with E-state index < -0.39 is 6.10 Å². The van der Waals surface area contributed by atoms with Crippen LogP contribution in [-0.4, -0.2) is 30.7 Å². The molecule has 0 fully saturated rings. The average Bonchev–Trinajstić information content (AvgIpc) is 3.26. The van der Waals surface area contributed by atoms with Gasteiger partial charge in [-0.25, -0.2) is 0 Å². The highest BCUT2D eigenvalue weighted by Crippen LogP contribution is 2.40. The fourth-order valence-corrected chi connectivity index (χ4v) is 2.97. The minimum Gasteiger partial charge on any atom is -0.493 e. The van der Waals surface area contributed by atoms with Crippen molar-refractivity contribution < 1.29 is 28.8 Å². The fourth-order valence-electron chi connectivity index (χ4n) is 2.97. The molecule has 0 saturated carbocycles. The fraction of sp³-hybridized carbons (Fsp3) is 0.263. The van der Waals surface area contributed by atoms with Gasteiger partial charge in [0.05, 0.1) is 13.2 Å². The Bertz CT molecular complexity index is 914. The van der Waals surface area contributed by atoms with Gasteiger partial charge < -0.3 is 28.8 Å². The van der Waals surface area contributed by atoms with E-state index in [0.717, 1.165) is 10.9 Å². The molecule has 2 N–H and O–H groups in total. The number of aliphatic hydroxyl groups is 2. The zero-order valence-corrected chi connectivity index (χ0v) is 13.7. The maximum atomic E-state index is 10.2. The van der Waals surface area contributed by atoms with Crippen molar-refractivity contribution in [3.63, 3.8) is 0 Å². The van der Waals surface area contributed by atoms with Gasteiger partial charge in [-0.3, -0.25) is 0 Å². The van der Waals surface area contributed by atoms with Gasteiger partial charge in [0.2, 0.25) is 6.79 Å². The summed E-state index contributed by atoms with van der Waals surface area (Å²) < 4.78 is 22.1. The Morgan fingerprint density at radius 3 is 2.76 bits per heavy atom. The van der Waals surface area contributed by atoms with Crippen molar-refractivity contribution in [2.45, 2.75) is 12.5 Å². The first kappa shape index (κ1) is 15.8. The molecule has 0 unspecified atom stereocenters. The summed E-state index contributed by atoms with van der Waals surface area (Å²) >= 11 is 0. The summed E-state index contributed by atoms with van der Waals surface area (Å²) in [7, 11) is 1.56. The largest absolute Gasteiger partial charge is 0.493 e. The molecule has 2 heterocycles. The molecule has 1 aromatic heterocycles. The Morgan fingerprint density at radius 2 is 1.96 bits per heavy atom. The monoisotopic (exact) mass is 342 g/mol. The van der Waals surface area contributed by atoms with E-state index in [1.165, 1.54) is 0 Å². The van der Waals surface area contributed by atoms with Crippen molar-refractivity contribution >= 4 is 11.0 Å². The molecule has 0 aliphatic carbocycles. The molecule has 0 bridgehead atoms. The zero-order chi connectivity index (χ0) is 17.4. The molecular formula is C19H18O6. The highest BCUT2D eigenvalue weighted by atomic mass is 16.7. The summed E-state index contributed by atoms with van der Waals surface area (Å²) in [5.41, 5.74) is 2.14. The highest BCUT2D eigenvalue weighted by molar-refractivity contribution is 5.88. The second-order valence-electron chi connectivity index (χ2n) is 5.85. The first-order valence-electron chi connectivity index (χ1n) is 8.00. The number of furan rings is 1. The summed E-state index contributed by atoms with van der Waals surface area (Å²) in [5, 5.41) is 20.0. The maximum absolute atomic E-state index is 10.2.